The fourth-order valence-corrected chi connectivity index (χ4v) is 5.27. The van der Waals surface area contributed by atoms with Gasteiger partial charge in [0.25, 0.3) is 10.0 Å². The summed E-state index contributed by atoms with van der Waals surface area (Å²) in [5.74, 6) is -0.616. The van der Waals surface area contributed by atoms with Crippen LogP contribution < -0.4 is 9.04 Å². The van der Waals surface area contributed by atoms with Crippen molar-refractivity contribution in [2.24, 2.45) is 0 Å². The Morgan fingerprint density at radius 3 is 2.39 bits per heavy atom. The molecule has 0 aromatic heterocycles. The number of hydrogen-bond donors (Lipinski definition) is 0. The van der Waals surface area contributed by atoms with E-state index in [0.717, 1.165) is 6.07 Å². The van der Waals surface area contributed by atoms with Gasteiger partial charge in [0.1, 0.15) is 17.4 Å². The molecule has 3 aromatic rings. The van der Waals surface area contributed by atoms with E-state index < -0.39 is 27.7 Å². The molecule has 1 heterocycles. The van der Waals surface area contributed by atoms with Gasteiger partial charge in [-0.3, -0.25) is 4.31 Å². The van der Waals surface area contributed by atoms with Crippen molar-refractivity contribution < 1.29 is 21.9 Å². The van der Waals surface area contributed by atoms with E-state index in [0.29, 0.717) is 22.4 Å². The topological polar surface area (TPSA) is 46.6 Å². The average molecular weight is 401 g/mol. The third-order valence-corrected chi connectivity index (χ3v) is 6.78. The lowest BCUT2D eigenvalue weighted by atomic mass is 9.90. The van der Waals surface area contributed by atoms with Crippen molar-refractivity contribution in [1.29, 1.82) is 0 Å². The van der Waals surface area contributed by atoms with Crippen LogP contribution in [0, 0.1) is 11.6 Å². The zero-order valence-electron chi connectivity index (χ0n) is 15.2. The van der Waals surface area contributed by atoms with Crippen LogP contribution in [0.2, 0.25) is 0 Å². The largest absolute Gasteiger partial charge is 0.497 e. The average Bonchev–Trinajstić information content (AvgIpc) is 2.67. The molecule has 0 aliphatic carbocycles. The molecular formula is C21H17F2NO3S. The predicted molar refractivity (Wildman–Crippen MR) is 103 cm³/mol. The quantitative estimate of drug-likeness (QED) is 0.627. The number of anilines is 1. The van der Waals surface area contributed by atoms with Gasteiger partial charge < -0.3 is 4.74 Å². The molecule has 1 unspecified atom stereocenters. The highest BCUT2D eigenvalue weighted by atomic mass is 32.2. The summed E-state index contributed by atoms with van der Waals surface area (Å²) in [7, 11) is -2.58. The monoisotopic (exact) mass is 401 g/mol. The Balaban J connectivity index is 1.97. The normalized spacial score (nSPS) is 15.7. The predicted octanol–water partition coefficient (Wildman–Crippen LogP) is 4.91. The first kappa shape index (κ1) is 18.4. The van der Waals surface area contributed by atoms with Gasteiger partial charge in [0.15, 0.2) is 0 Å². The molecule has 0 saturated heterocycles. The second-order valence-electron chi connectivity index (χ2n) is 6.55. The third kappa shape index (κ3) is 2.82. The lowest BCUT2D eigenvalue weighted by molar-refractivity contribution is 0.413. The minimum atomic E-state index is -4.03. The summed E-state index contributed by atoms with van der Waals surface area (Å²) in [5, 5.41) is 0. The van der Waals surface area contributed by atoms with E-state index >= 15 is 0 Å². The van der Waals surface area contributed by atoms with Crippen LogP contribution >= 0.6 is 0 Å². The number of rotatable bonds is 3. The molecule has 0 bridgehead atoms. The van der Waals surface area contributed by atoms with Gasteiger partial charge >= 0.3 is 0 Å². The van der Waals surface area contributed by atoms with Gasteiger partial charge in [-0.1, -0.05) is 12.1 Å². The van der Waals surface area contributed by atoms with E-state index in [1.54, 1.807) is 25.1 Å². The molecule has 144 valence electrons. The second kappa shape index (κ2) is 6.60. The summed E-state index contributed by atoms with van der Waals surface area (Å²) < 4.78 is 61.2. The number of hydrogen-bond acceptors (Lipinski definition) is 3. The van der Waals surface area contributed by atoms with Crippen molar-refractivity contribution in [1.82, 2.24) is 0 Å². The van der Waals surface area contributed by atoms with Crippen LogP contribution in [-0.4, -0.2) is 15.5 Å². The highest BCUT2D eigenvalue weighted by molar-refractivity contribution is 7.92. The molecule has 1 aliphatic heterocycles. The maximum atomic E-state index is 14.0. The van der Waals surface area contributed by atoms with Crippen LogP contribution in [0.25, 0.3) is 11.1 Å². The SMILES string of the molecule is COc1cccc(S(=O)(=O)N2c3cc(F)ccc3-c3cc(F)ccc3C2C)c1. The van der Waals surface area contributed by atoms with E-state index in [2.05, 4.69) is 0 Å². The van der Waals surface area contributed by atoms with Crippen molar-refractivity contribution in [3.05, 3.63) is 77.9 Å². The van der Waals surface area contributed by atoms with Gasteiger partial charge in [-0.25, -0.2) is 17.2 Å². The molecular weight excluding hydrogens is 384 g/mol. The van der Waals surface area contributed by atoms with Crippen molar-refractivity contribution in [3.8, 4) is 16.9 Å². The number of fused-ring (bicyclic) bond motifs is 3. The Hall–Kier alpha value is -2.93. The lowest BCUT2D eigenvalue weighted by Crippen LogP contribution is -2.36. The van der Waals surface area contributed by atoms with Crippen molar-refractivity contribution >= 4 is 15.7 Å². The Morgan fingerprint density at radius 2 is 1.64 bits per heavy atom. The zero-order valence-corrected chi connectivity index (χ0v) is 16.0. The fourth-order valence-electron chi connectivity index (χ4n) is 3.59. The smallest absolute Gasteiger partial charge is 0.265 e. The second-order valence-corrected chi connectivity index (χ2v) is 8.36. The van der Waals surface area contributed by atoms with Gasteiger partial charge in [-0.2, -0.15) is 0 Å². The first-order chi connectivity index (χ1) is 13.3. The number of sulfonamides is 1. The molecule has 0 fully saturated rings. The van der Waals surface area contributed by atoms with Gasteiger partial charge in [-0.05, 0) is 60.5 Å². The molecule has 1 aliphatic rings. The van der Waals surface area contributed by atoms with Gasteiger partial charge in [-0.15, -0.1) is 0 Å². The van der Waals surface area contributed by atoms with Crippen LogP contribution in [0.3, 0.4) is 0 Å². The van der Waals surface area contributed by atoms with Crippen LogP contribution in [0.15, 0.2) is 65.6 Å². The van der Waals surface area contributed by atoms with Crippen LogP contribution in [0.4, 0.5) is 14.5 Å². The minimum Gasteiger partial charge on any atom is -0.497 e. The fraction of sp³-hybridized carbons (Fsp3) is 0.143. The van der Waals surface area contributed by atoms with Crippen LogP contribution in [-0.2, 0) is 10.0 Å². The molecule has 4 nitrogen and oxygen atoms in total. The molecule has 0 N–H and O–H groups in total. The van der Waals surface area contributed by atoms with E-state index in [4.69, 9.17) is 4.74 Å². The number of methoxy groups -OCH3 is 1. The van der Waals surface area contributed by atoms with Crippen LogP contribution in [0.5, 0.6) is 5.75 Å². The number of ether oxygens (including phenoxy) is 1. The number of nitrogens with zero attached hydrogens (tertiary/aromatic N) is 1. The molecule has 28 heavy (non-hydrogen) atoms. The summed E-state index contributed by atoms with van der Waals surface area (Å²) in [6.45, 7) is 1.70. The van der Waals surface area contributed by atoms with Gasteiger partial charge in [0.05, 0.1) is 23.7 Å². The molecule has 4 rings (SSSR count). The number of halogens is 2. The Labute approximate surface area is 162 Å². The van der Waals surface area contributed by atoms with Crippen molar-refractivity contribution in [3.63, 3.8) is 0 Å². The Morgan fingerprint density at radius 1 is 0.929 bits per heavy atom. The molecule has 3 aromatic carbocycles. The van der Waals surface area contributed by atoms with E-state index in [1.165, 1.54) is 47.8 Å². The molecule has 7 heteroatoms. The minimum absolute atomic E-state index is 0.0273. The molecule has 0 spiro atoms. The Kier molecular flexibility index (Phi) is 4.34. The highest BCUT2D eigenvalue weighted by Gasteiger charge is 2.37. The van der Waals surface area contributed by atoms with E-state index in [-0.39, 0.29) is 10.6 Å². The van der Waals surface area contributed by atoms with E-state index in [9.17, 15) is 17.2 Å². The Bertz CT molecular complexity index is 1180. The van der Waals surface area contributed by atoms with Gasteiger partial charge in [0, 0.05) is 11.6 Å². The summed E-state index contributed by atoms with van der Waals surface area (Å²) in [6, 6.07) is 13.5. The van der Waals surface area contributed by atoms with E-state index in [1.807, 2.05) is 0 Å². The van der Waals surface area contributed by atoms with Crippen molar-refractivity contribution in [2.75, 3.05) is 11.4 Å². The van der Waals surface area contributed by atoms with Crippen LogP contribution in [0.1, 0.15) is 18.5 Å². The number of benzene rings is 3. The molecule has 0 radical (unpaired) electrons. The molecule has 0 amide bonds. The summed E-state index contributed by atoms with van der Waals surface area (Å²) in [5.41, 5.74) is 1.83. The first-order valence-corrected chi connectivity index (χ1v) is 10.0. The third-order valence-electron chi connectivity index (χ3n) is 4.90. The maximum Gasteiger partial charge on any atom is 0.265 e. The van der Waals surface area contributed by atoms with Gasteiger partial charge in [0.2, 0.25) is 0 Å². The molecule has 1 atom stereocenters. The first-order valence-electron chi connectivity index (χ1n) is 8.61. The summed E-state index contributed by atoms with van der Waals surface area (Å²) in [6.07, 6.45) is 0. The summed E-state index contributed by atoms with van der Waals surface area (Å²) in [4.78, 5) is 0.0273. The molecule has 0 saturated carbocycles. The lowest BCUT2D eigenvalue weighted by Gasteiger charge is -2.37. The standard InChI is InChI=1S/C21H17F2NO3S/c1-13-18-8-6-14(22)10-20(18)19-9-7-15(23)11-21(19)24(13)28(25,26)17-5-3-4-16(12-17)27-2/h3-13H,1-2H3. The maximum absolute atomic E-state index is 14.0. The summed E-state index contributed by atoms with van der Waals surface area (Å²) >= 11 is 0. The zero-order chi connectivity index (χ0) is 20.1. The highest BCUT2D eigenvalue weighted by Crippen LogP contribution is 2.47. The van der Waals surface area contributed by atoms with Crippen molar-refractivity contribution in [2.45, 2.75) is 17.9 Å².